The highest BCUT2D eigenvalue weighted by Crippen LogP contribution is 2.38. The first-order valence-corrected chi connectivity index (χ1v) is 7.97. The number of ether oxygens (including phenoxy) is 1. The molecule has 1 atom stereocenters. The first-order valence-electron chi connectivity index (χ1n) is 6.29. The minimum absolute atomic E-state index is 0.0697. The van der Waals surface area contributed by atoms with Crippen LogP contribution in [0.1, 0.15) is 31.7 Å². The largest absolute Gasteiger partial charge is 0.466 e. The van der Waals surface area contributed by atoms with Gasteiger partial charge in [-0.3, -0.25) is 4.79 Å². The number of aryl methyl sites for hydroxylation is 1. The maximum absolute atomic E-state index is 11.3. The van der Waals surface area contributed by atoms with E-state index in [0.717, 1.165) is 23.7 Å². The van der Waals surface area contributed by atoms with E-state index in [-0.39, 0.29) is 5.97 Å². The lowest BCUT2D eigenvalue weighted by Crippen LogP contribution is -2.14. The average molecular weight is 329 g/mol. The summed E-state index contributed by atoms with van der Waals surface area (Å²) in [6.45, 7) is 2.33. The van der Waals surface area contributed by atoms with Gasteiger partial charge < -0.3 is 4.74 Å². The first-order chi connectivity index (χ1) is 8.69. The molecule has 0 radical (unpaired) electrons. The maximum Gasteiger partial charge on any atom is 0.305 e. The number of halogens is 1. The Balaban J connectivity index is 1.88. The van der Waals surface area contributed by atoms with E-state index in [0.29, 0.717) is 18.3 Å². The lowest BCUT2D eigenvalue weighted by Gasteiger charge is -2.23. The van der Waals surface area contributed by atoms with Crippen LogP contribution < -0.4 is 0 Å². The van der Waals surface area contributed by atoms with Crippen LogP contribution in [0.2, 0.25) is 0 Å². The van der Waals surface area contributed by atoms with Crippen LogP contribution in [0.5, 0.6) is 0 Å². The Bertz CT molecular complexity index is 434. The quantitative estimate of drug-likeness (QED) is 0.775. The van der Waals surface area contributed by atoms with Crippen molar-refractivity contribution in [2.45, 2.75) is 42.8 Å². The van der Waals surface area contributed by atoms with E-state index in [1.165, 1.54) is 10.5 Å². The van der Waals surface area contributed by atoms with Crippen molar-refractivity contribution >= 4 is 33.7 Å². The zero-order valence-electron chi connectivity index (χ0n) is 10.4. The molecule has 1 aliphatic rings. The van der Waals surface area contributed by atoms with Crippen LogP contribution in [0, 0.1) is 0 Å². The fourth-order valence-electron chi connectivity index (χ4n) is 2.13. The molecule has 0 fully saturated rings. The molecule has 0 spiro atoms. The Kier molecular flexibility index (Phi) is 5.13. The number of benzene rings is 1. The third kappa shape index (κ3) is 3.75. The summed E-state index contributed by atoms with van der Waals surface area (Å²) in [6.07, 6.45) is 3.71. The molecule has 0 bridgehead atoms. The smallest absolute Gasteiger partial charge is 0.305 e. The molecule has 0 saturated carbocycles. The Morgan fingerprint density at radius 2 is 2.39 bits per heavy atom. The molecule has 1 heterocycles. The molecule has 2 rings (SSSR count). The van der Waals surface area contributed by atoms with E-state index in [9.17, 15) is 4.79 Å². The van der Waals surface area contributed by atoms with E-state index in [1.807, 2.05) is 18.7 Å². The van der Waals surface area contributed by atoms with Crippen molar-refractivity contribution < 1.29 is 9.53 Å². The number of hydrogen-bond donors (Lipinski definition) is 0. The fourth-order valence-corrected chi connectivity index (χ4v) is 3.83. The van der Waals surface area contributed by atoms with Gasteiger partial charge in [0, 0.05) is 21.0 Å². The molecule has 1 aliphatic heterocycles. The van der Waals surface area contributed by atoms with Crippen molar-refractivity contribution in [3.63, 3.8) is 0 Å². The fraction of sp³-hybridized carbons (Fsp3) is 0.500. The third-order valence-corrected chi connectivity index (χ3v) is 4.98. The van der Waals surface area contributed by atoms with Gasteiger partial charge in [-0.25, -0.2) is 0 Å². The highest BCUT2D eigenvalue weighted by molar-refractivity contribution is 9.10. The van der Waals surface area contributed by atoms with E-state index in [4.69, 9.17) is 4.74 Å². The maximum atomic E-state index is 11.3. The van der Waals surface area contributed by atoms with Crippen LogP contribution in [0.25, 0.3) is 0 Å². The standard InChI is InChI=1S/C14H17BrO2S/c1-2-17-14(16)8-6-12-5-3-10-9-11(15)4-7-13(10)18-12/h4,7,9,12H,2-3,5-6,8H2,1H3. The van der Waals surface area contributed by atoms with Gasteiger partial charge in [-0.2, -0.15) is 0 Å². The predicted molar refractivity (Wildman–Crippen MR) is 78.0 cm³/mol. The molecule has 2 nitrogen and oxygen atoms in total. The van der Waals surface area contributed by atoms with Crippen LogP contribution in [0.4, 0.5) is 0 Å². The molecule has 0 N–H and O–H groups in total. The van der Waals surface area contributed by atoms with Gasteiger partial charge in [0.2, 0.25) is 0 Å². The second kappa shape index (κ2) is 6.62. The van der Waals surface area contributed by atoms with Crippen LogP contribution >= 0.6 is 27.7 Å². The van der Waals surface area contributed by atoms with Crippen molar-refractivity contribution in [2.75, 3.05) is 6.61 Å². The van der Waals surface area contributed by atoms with Crippen molar-refractivity contribution in [2.24, 2.45) is 0 Å². The van der Waals surface area contributed by atoms with Gasteiger partial charge >= 0.3 is 5.97 Å². The average Bonchev–Trinajstić information content (AvgIpc) is 2.36. The molecular weight excluding hydrogens is 312 g/mol. The Labute approximate surface area is 121 Å². The number of fused-ring (bicyclic) bond motifs is 1. The van der Waals surface area contributed by atoms with Gasteiger partial charge in [0.25, 0.3) is 0 Å². The normalized spacial score (nSPS) is 18.2. The van der Waals surface area contributed by atoms with E-state index in [1.54, 1.807) is 0 Å². The molecule has 0 saturated heterocycles. The number of thioether (sulfide) groups is 1. The molecule has 4 heteroatoms. The van der Waals surface area contributed by atoms with Gasteiger partial charge in [0.1, 0.15) is 0 Å². The minimum atomic E-state index is -0.0697. The minimum Gasteiger partial charge on any atom is -0.466 e. The van der Waals surface area contributed by atoms with Crippen LogP contribution in [0.3, 0.4) is 0 Å². The van der Waals surface area contributed by atoms with Crippen LogP contribution in [0.15, 0.2) is 27.6 Å². The summed E-state index contributed by atoms with van der Waals surface area (Å²) >= 11 is 5.40. The van der Waals surface area contributed by atoms with Gasteiger partial charge in [-0.1, -0.05) is 15.9 Å². The number of esters is 1. The SMILES string of the molecule is CCOC(=O)CCC1CCc2cc(Br)ccc2S1. The summed E-state index contributed by atoms with van der Waals surface area (Å²) in [5.74, 6) is -0.0697. The van der Waals surface area contributed by atoms with Gasteiger partial charge in [-0.15, -0.1) is 11.8 Å². The second-order valence-corrected chi connectivity index (χ2v) is 6.63. The van der Waals surface area contributed by atoms with Crippen molar-refractivity contribution in [1.29, 1.82) is 0 Å². The lowest BCUT2D eigenvalue weighted by molar-refractivity contribution is -0.143. The summed E-state index contributed by atoms with van der Waals surface area (Å²) in [5.41, 5.74) is 1.42. The summed E-state index contributed by atoms with van der Waals surface area (Å²) < 4.78 is 6.11. The summed E-state index contributed by atoms with van der Waals surface area (Å²) in [5, 5.41) is 0.545. The van der Waals surface area contributed by atoms with Crippen molar-refractivity contribution in [1.82, 2.24) is 0 Å². The van der Waals surface area contributed by atoms with Gasteiger partial charge in [0.05, 0.1) is 6.61 Å². The van der Waals surface area contributed by atoms with E-state index < -0.39 is 0 Å². The molecule has 18 heavy (non-hydrogen) atoms. The number of hydrogen-bond acceptors (Lipinski definition) is 3. The molecule has 1 aromatic rings. The van der Waals surface area contributed by atoms with Gasteiger partial charge in [-0.05, 0) is 49.9 Å². The zero-order valence-corrected chi connectivity index (χ0v) is 12.9. The zero-order chi connectivity index (χ0) is 13.0. The monoisotopic (exact) mass is 328 g/mol. The third-order valence-electron chi connectivity index (χ3n) is 3.03. The molecule has 0 aromatic heterocycles. The highest BCUT2D eigenvalue weighted by Gasteiger charge is 2.20. The van der Waals surface area contributed by atoms with Crippen LogP contribution in [-0.2, 0) is 16.0 Å². The number of rotatable bonds is 4. The topological polar surface area (TPSA) is 26.3 Å². The number of carbonyl (C=O) groups is 1. The molecule has 0 aliphatic carbocycles. The Morgan fingerprint density at radius 1 is 1.56 bits per heavy atom. The van der Waals surface area contributed by atoms with E-state index >= 15 is 0 Å². The Morgan fingerprint density at radius 3 is 3.17 bits per heavy atom. The summed E-state index contributed by atoms with van der Waals surface area (Å²) in [7, 11) is 0. The second-order valence-electron chi connectivity index (χ2n) is 4.37. The summed E-state index contributed by atoms with van der Waals surface area (Å²) in [4.78, 5) is 12.7. The predicted octanol–water partition coefficient (Wildman–Crippen LogP) is 4.20. The Hall–Kier alpha value is -0.480. The first kappa shape index (κ1) is 13.9. The van der Waals surface area contributed by atoms with Crippen molar-refractivity contribution in [3.8, 4) is 0 Å². The molecule has 98 valence electrons. The molecular formula is C14H17BrO2S. The highest BCUT2D eigenvalue weighted by atomic mass is 79.9. The van der Waals surface area contributed by atoms with E-state index in [2.05, 4.69) is 34.1 Å². The molecule has 0 amide bonds. The molecule has 1 unspecified atom stereocenters. The van der Waals surface area contributed by atoms with Gasteiger partial charge in [0.15, 0.2) is 0 Å². The lowest BCUT2D eigenvalue weighted by atomic mass is 10.0. The molecule has 1 aromatic carbocycles. The van der Waals surface area contributed by atoms with Crippen LogP contribution in [-0.4, -0.2) is 17.8 Å². The van der Waals surface area contributed by atoms with Crippen molar-refractivity contribution in [3.05, 3.63) is 28.2 Å². The number of carbonyl (C=O) groups excluding carboxylic acids is 1. The summed E-state index contributed by atoms with van der Waals surface area (Å²) in [6, 6.07) is 6.45.